The monoisotopic (exact) mass is 424 g/mol. The molecule has 32 heavy (non-hydrogen) atoms. The number of aliphatic hydroxyl groups excluding tert-OH is 1. The van der Waals surface area contributed by atoms with Gasteiger partial charge in [-0.15, -0.1) is 0 Å². The Labute approximate surface area is 190 Å². The second-order valence-electron chi connectivity index (χ2n) is 7.96. The fraction of sp³-hybridized carbons (Fsp3) is 0.172. The van der Waals surface area contributed by atoms with E-state index in [9.17, 15) is 5.11 Å². The SMILES string of the molecule is O[C@H](C[NH2+]C(c1ccccc1)c1ccccc1)COC(c1ccccc1)c1ccccc1. The van der Waals surface area contributed by atoms with E-state index in [1.807, 2.05) is 48.5 Å². The molecule has 0 bridgehead atoms. The molecule has 1 atom stereocenters. The second-order valence-corrected chi connectivity index (χ2v) is 7.96. The van der Waals surface area contributed by atoms with Crippen LogP contribution >= 0.6 is 0 Å². The van der Waals surface area contributed by atoms with Gasteiger partial charge >= 0.3 is 0 Å². The summed E-state index contributed by atoms with van der Waals surface area (Å²) in [5, 5.41) is 13.0. The highest BCUT2D eigenvalue weighted by molar-refractivity contribution is 5.30. The summed E-state index contributed by atoms with van der Waals surface area (Å²) in [4.78, 5) is 0. The maximum absolute atomic E-state index is 10.8. The first-order valence-electron chi connectivity index (χ1n) is 11.1. The average Bonchev–Trinajstić information content (AvgIpc) is 2.87. The third-order valence-corrected chi connectivity index (χ3v) is 5.62. The molecule has 162 valence electrons. The molecule has 0 aliphatic carbocycles. The van der Waals surface area contributed by atoms with Gasteiger partial charge in [-0.1, -0.05) is 121 Å². The van der Waals surface area contributed by atoms with Crippen LogP contribution in [0.2, 0.25) is 0 Å². The molecule has 0 aromatic heterocycles. The Kier molecular flexibility index (Phi) is 7.83. The quantitative estimate of drug-likeness (QED) is 0.394. The van der Waals surface area contributed by atoms with E-state index in [0.29, 0.717) is 6.54 Å². The van der Waals surface area contributed by atoms with E-state index in [2.05, 4.69) is 78.1 Å². The molecule has 4 aromatic carbocycles. The lowest BCUT2D eigenvalue weighted by molar-refractivity contribution is -0.692. The first-order chi connectivity index (χ1) is 15.8. The van der Waals surface area contributed by atoms with Gasteiger partial charge in [-0.2, -0.15) is 0 Å². The van der Waals surface area contributed by atoms with E-state index in [1.165, 1.54) is 11.1 Å². The van der Waals surface area contributed by atoms with Crippen molar-refractivity contribution in [3.63, 3.8) is 0 Å². The van der Waals surface area contributed by atoms with Gasteiger partial charge in [0.15, 0.2) is 0 Å². The predicted molar refractivity (Wildman–Crippen MR) is 128 cm³/mol. The standard InChI is InChI=1S/C29H29NO2/c31-27(21-30-28(23-13-5-1-6-14-23)24-15-7-2-8-16-24)22-32-29(25-17-9-3-10-18-25)26-19-11-4-12-20-26/h1-20,27-31H,21-22H2/p+1/t27-/m1/s1. The fourth-order valence-electron chi connectivity index (χ4n) is 3.99. The van der Waals surface area contributed by atoms with E-state index >= 15 is 0 Å². The number of rotatable bonds is 10. The molecule has 4 aromatic rings. The Balaban J connectivity index is 1.42. The lowest BCUT2D eigenvalue weighted by Gasteiger charge is -2.22. The molecule has 0 saturated carbocycles. The minimum Gasteiger partial charge on any atom is -0.385 e. The predicted octanol–water partition coefficient (Wildman–Crippen LogP) is 4.51. The first kappa shape index (κ1) is 22.0. The van der Waals surface area contributed by atoms with Gasteiger partial charge in [-0.3, -0.25) is 0 Å². The number of nitrogens with two attached hydrogens (primary N) is 1. The zero-order chi connectivity index (χ0) is 22.0. The van der Waals surface area contributed by atoms with Crippen molar-refractivity contribution in [3.05, 3.63) is 144 Å². The molecule has 0 amide bonds. The van der Waals surface area contributed by atoms with Gasteiger partial charge in [0.05, 0.1) is 6.61 Å². The number of hydrogen-bond donors (Lipinski definition) is 2. The van der Waals surface area contributed by atoms with Crippen LogP contribution in [0.4, 0.5) is 0 Å². The topological polar surface area (TPSA) is 46.1 Å². The minimum atomic E-state index is -0.583. The molecule has 0 aliphatic heterocycles. The summed E-state index contributed by atoms with van der Waals surface area (Å²) in [6, 6.07) is 41.3. The number of hydrogen-bond acceptors (Lipinski definition) is 2. The molecule has 3 nitrogen and oxygen atoms in total. The van der Waals surface area contributed by atoms with Crippen molar-refractivity contribution in [2.75, 3.05) is 13.2 Å². The van der Waals surface area contributed by atoms with Crippen LogP contribution in [-0.2, 0) is 4.74 Å². The van der Waals surface area contributed by atoms with E-state index in [0.717, 1.165) is 11.1 Å². The van der Waals surface area contributed by atoms with Crippen LogP contribution in [-0.4, -0.2) is 24.4 Å². The molecule has 0 radical (unpaired) electrons. The lowest BCUT2D eigenvalue weighted by atomic mass is 9.98. The maximum Gasteiger partial charge on any atom is 0.137 e. The van der Waals surface area contributed by atoms with E-state index < -0.39 is 6.10 Å². The van der Waals surface area contributed by atoms with Crippen LogP contribution in [0.1, 0.15) is 34.4 Å². The van der Waals surface area contributed by atoms with Crippen molar-refractivity contribution < 1.29 is 15.2 Å². The Morgan fingerprint density at radius 1 is 0.562 bits per heavy atom. The smallest absolute Gasteiger partial charge is 0.137 e. The maximum atomic E-state index is 10.8. The van der Waals surface area contributed by atoms with E-state index in [1.54, 1.807) is 0 Å². The van der Waals surface area contributed by atoms with Gasteiger partial charge in [0.25, 0.3) is 0 Å². The van der Waals surface area contributed by atoms with Gasteiger partial charge in [0, 0.05) is 11.1 Å². The number of benzene rings is 4. The van der Waals surface area contributed by atoms with Crippen molar-refractivity contribution >= 4 is 0 Å². The number of ether oxygens (including phenoxy) is 1. The Morgan fingerprint density at radius 2 is 0.938 bits per heavy atom. The van der Waals surface area contributed by atoms with Crippen LogP contribution in [0.25, 0.3) is 0 Å². The molecular weight excluding hydrogens is 394 g/mol. The summed E-state index contributed by atoms with van der Waals surface area (Å²) in [5.41, 5.74) is 4.61. The van der Waals surface area contributed by atoms with Gasteiger partial charge in [0.2, 0.25) is 0 Å². The van der Waals surface area contributed by atoms with E-state index in [4.69, 9.17) is 4.74 Å². The van der Waals surface area contributed by atoms with Crippen molar-refractivity contribution in [1.82, 2.24) is 0 Å². The van der Waals surface area contributed by atoms with E-state index in [-0.39, 0.29) is 18.8 Å². The molecule has 0 fully saturated rings. The molecule has 3 N–H and O–H groups in total. The zero-order valence-corrected chi connectivity index (χ0v) is 18.1. The molecular formula is C29H30NO2+. The third-order valence-electron chi connectivity index (χ3n) is 5.62. The van der Waals surface area contributed by atoms with Crippen LogP contribution < -0.4 is 5.32 Å². The number of quaternary nitrogens is 1. The molecule has 0 heterocycles. The summed E-state index contributed by atoms with van der Waals surface area (Å²) in [6.45, 7) is 0.812. The summed E-state index contributed by atoms with van der Waals surface area (Å²) in [7, 11) is 0. The zero-order valence-electron chi connectivity index (χ0n) is 18.1. The molecule has 0 unspecified atom stereocenters. The van der Waals surface area contributed by atoms with Crippen molar-refractivity contribution in [1.29, 1.82) is 0 Å². The average molecular weight is 425 g/mol. The Hall–Kier alpha value is -3.24. The highest BCUT2D eigenvalue weighted by Gasteiger charge is 2.21. The lowest BCUT2D eigenvalue weighted by Crippen LogP contribution is -2.87. The van der Waals surface area contributed by atoms with Crippen LogP contribution in [0.15, 0.2) is 121 Å². The minimum absolute atomic E-state index is 0.131. The van der Waals surface area contributed by atoms with Gasteiger partial charge in [0.1, 0.15) is 24.8 Å². The van der Waals surface area contributed by atoms with Gasteiger partial charge in [-0.25, -0.2) is 0 Å². The van der Waals surface area contributed by atoms with Crippen molar-refractivity contribution in [2.45, 2.75) is 18.2 Å². The fourth-order valence-corrected chi connectivity index (χ4v) is 3.99. The summed E-state index contributed by atoms with van der Waals surface area (Å²) in [5.74, 6) is 0. The number of aliphatic hydroxyl groups is 1. The van der Waals surface area contributed by atoms with Crippen LogP contribution in [0.3, 0.4) is 0 Å². The highest BCUT2D eigenvalue weighted by atomic mass is 16.5. The Morgan fingerprint density at radius 3 is 1.34 bits per heavy atom. The summed E-state index contributed by atoms with van der Waals surface area (Å²) in [6.07, 6.45) is -0.786. The molecule has 0 spiro atoms. The third kappa shape index (κ3) is 5.92. The van der Waals surface area contributed by atoms with Crippen LogP contribution in [0, 0.1) is 0 Å². The largest absolute Gasteiger partial charge is 0.385 e. The highest BCUT2D eigenvalue weighted by Crippen LogP contribution is 2.26. The van der Waals surface area contributed by atoms with Crippen LogP contribution in [0.5, 0.6) is 0 Å². The molecule has 0 aliphatic rings. The van der Waals surface area contributed by atoms with Crippen molar-refractivity contribution in [3.8, 4) is 0 Å². The van der Waals surface area contributed by atoms with Gasteiger partial charge in [-0.05, 0) is 11.1 Å². The molecule has 0 saturated heterocycles. The van der Waals surface area contributed by atoms with Gasteiger partial charge < -0.3 is 15.2 Å². The molecule has 4 rings (SSSR count). The van der Waals surface area contributed by atoms with Crippen molar-refractivity contribution in [2.24, 2.45) is 0 Å². The Bertz CT molecular complexity index is 874. The molecule has 3 heteroatoms. The first-order valence-corrected chi connectivity index (χ1v) is 11.1. The summed E-state index contributed by atoms with van der Waals surface area (Å²) < 4.78 is 6.25. The summed E-state index contributed by atoms with van der Waals surface area (Å²) >= 11 is 0. The normalized spacial score (nSPS) is 12.2. The second kappa shape index (κ2) is 11.4.